The van der Waals surface area contributed by atoms with Crippen molar-refractivity contribution in [1.29, 1.82) is 0 Å². The van der Waals surface area contributed by atoms with Crippen molar-refractivity contribution in [3.05, 3.63) is 33.9 Å². The molecular formula is C11H14N2O5S. The Morgan fingerprint density at radius 2 is 2.21 bits per heavy atom. The van der Waals surface area contributed by atoms with Crippen molar-refractivity contribution in [2.75, 3.05) is 23.9 Å². The quantitative estimate of drug-likeness (QED) is 0.446. The van der Waals surface area contributed by atoms with Crippen LogP contribution < -0.4 is 5.32 Å². The van der Waals surface area contributed by atoms with Gasteiger partial charge in [0, 0.05) is 35.4 Å². The van der Waals surface area contributed by atoms with Crippen molar-refractivity contribution in [1.82, 2.24) is 0 Å². The normalized spacial score (nSPS) is 11.8. The van der Waals surface area contributed by atoms with Gasteiger partial charge in [-0.15, -0.1) is 0 Å². The summed E-state index contributed by atoms with van der Waals surface area (Å²) < 4.78 is 10.9. The van der Waals surface area contributed by atoms with Crippen LogP contribution in [0.25, 0.3) is 0 Å². The molecule has 1 atom stereocenters. The van der Waals surface area contributed by atoms with E-state index in [4.69, 9.17) is 5.11 Å². The highest BCUT2D eigenvalue weighted by atomic mass is 32.2. The van der Waals surface area contributed by atoms with E-state index in [1.807, 2.05) is 0 Å². The molecule has 1 aromatic carbocycles. The second kappa shape index (κ2) is 6.83. The summed E-state index contributed by atoms with van der Waals surface area (Å²) in [6.07, 6.45) is 2.20. The molecular weight excluding hydrogens is 272 g/mol. The van der Waals surface area contributed by atoms with Crippen LogP contribution in [-0.2, 0) is 10.8 Å². The molecule has 0 fully saturated rings. The number of nitro benzene ring substituents is 1. The fourth-order valence-electron chi connectivity index (χ4n) is 1.46. The third-order valence-electron chi connectivity index (χ3n) is 2.37. The Kier molecular flexibility index (Phi) is 5.43. The van der Waals surface area contributed by atoms with E-state index in [9.17, 15) is 19.1 Å². The summed E-state index contributed by atoms with van der Waals surface area (Å²) in [5.74, 6) is -0.704. The summed E-state index contributed by atoms with van der Waals surface area (Å²) in [5, 5.41) is 22.5. The van der Waals surface area contributed by atoms with Crippen molar-refractivity contribution in [2.45, 2.75) is 6.42 Å². The zero-order valence-corrected chi connectivity index (χ0v) is 11.1. The van der Waals surface area contributed by atoms with E-state index in [-0.39, 0.29) is 16.9 Å². The maximum Gasteiger partial charge on any atom is 0.335 e. The van der Waals surface area contributed by atoms with Gasteiger partial charge in [-0.3, -0.25) is 14.3 Å². The highest BCUT2D eigenvalue weighted by Gasteiger charge is 2.16. The molecule has 19 heavy (non-hydrogen) atoms. The lowest BCUT2D eigenvalue weighted by Crippen LogP contribution is -2.08. The van der Waals surface area contributed by atoms with Gasteiger partial charge in [0.05, 0.1) is 10.5 Å². The molecule has 1 unspecified atom stereocenters. The number of benzene rings is 1. The molecule has 1 aromatic rings. The van der Waals surface area contributed by atoms with Crippen molar-refractivity contribution in [3.63, 3.8) is 0 Å². The zero-order valence-electron chi connectivity index (χ0n) is 10.3. The summed E-state index contributed by atoms with van der Waals surface area (Å²) in [6.45, 7) is 0.437. The molecule has 0 saturated carbocycles. The van der Waals surface area contributed by atoms with E-state index in [0.29, 0.717) is 18.7 Å². The van der Waals surface area contributed by atoms with Gasteiger partial charge in [0.15, 0.2) is 0 Å². The molecule has 0 aliphatic heterocycles. The van der Waals surface area contributed by atoms with Crippen molar-refractivity contribution < 1.29 is 19.0 Å². The van der Waals surface area contributed by atoms with Gasteiger partial charge in [-0.2, -0.15) is 0 Å². The summed E-state index contributed by atoms with van der Waals surface area (Å²) in [7, 11) is -0.899. The molecule has 104 valence electrons. The van der Waals surface area contributed by atoms with Crippen molar-refractivity contribution >= 4 is 28.1 Å². The van der Waals surface area contributed by atoms with Crippen LogP contribution in [0, 0.1) is 10.1 Å². The van der Waals surface area contributed by atoms with Crippen LogP contribution in [-0.4, -0.2) is 38.8 Å². The van der Waals surface area contributed by atoms with Gasteiger partial charge < -0.3 is 10.4 Å². The molecule has 0 bridgehead atoms. The van der Waals surface area contributed by atoms with Crippen LogP contribution in [0.1, 0.15) is 16.8 Å². The summed E-state index contributed by atoms with van der Waals surface area (Å²) >= 11 is 0. The first-order valence-electron chi connectivity index (χ1n) is 5.47. The molecule has 0 saturated heterocycles. The van der Waals surface area contributed by atoms with Gasteiger partial charge in [0.2, 0.25) is 0 Å². The Balaban J connectivity index is 2.79. The molecule has 0 aliphatic rings. The minimum Gasteiger partial charge on any atom is -0.478 e. The van der Waals surface area contributed by atoms with Gasteiger partial charge in [-0.25, -0.2) is 4.79 Å². The molecule has 8 heteroatoms. The number of carboxylic acids is 1. The SMILES string of the molecule is CS(=O)CCCNc1ccc(C(=O)O)cc1[N+](=O)[O-]. The number of nitrogens with one attached hydrogen (secondary N) is 1. The number of rotatable bonds is 7. The smallest absolute Gasteiger partial charge is 0.335 e. The topological polar surface area (TPSA) is 110 Å². The Morgan fingerprint density at radius 1 is 1.53 bits per heavy atom. The zero-order chi connectivity index (χ0) is 14.4. The maximum atomic E-state index is 10.9. The van der Waals surface area contributed by atoms with Crippen molar-refractivity contribution in [3.8, 4) is 0 Å². The Hall–Kier alpha value is -1.96. The van der Waals surface area contributed by atoms with Crippen LogP contribution in [0.2, 0.25) is 0 Å². The highest BCUT2D eigenvalue weighted by Crippen LogP contribution is 2.25. The molecule has 0 radical (unpaired) electrons. The summed E-state index contributed by atoms with van der Waals surface area (Å²) in [4.78, 5) is 21.0. The average Bonchev–Trinajstić information content (AvgIpc) is 2.34. The Bertz CT molecular complexity index is 518. The van der Waals surface area contributed by atoms with E-state index in [0.717, 1.165) is 6.07 Å². The predicted molar refractivity (Wildman–Crippen MR) is 72.1 cm³/mol. The number of hydrogen-bond donors (Lipinski definition) is 2. The van der Waals surface area contributed by atoms with Crippen LogP contribution in [0.4, 0.5) is 11.4 Å². The molecule has 0 spiro atoms. The Labute approximate surface area is 112 Å². The van der Waals surface area contributed by atoms with Gasteiger partial charge in [-0.05, 0) is 18.6 Å². The van der Waals surface area contributed by atoms with Gasteiger partial charge in [0.1, 0.15) is 5.69 Å². The number of anilines is 1. The number of carbonyl (C=O) groups is 1. The van der Waals surface area contributed by atoms with Crippen molar-refractivity contribution in [2.24, 2.45) is 0 Å². The minimum atomic E-state index is -1.21. The first-order chi connectivity index (χ1) is 8.91. The number of aromatic carboxylic acids is 1. The van der Waals surface area contributed by atoms with Gasteiger partial charge >= 0.3 is 5.97 Å². The van der Waals surface area contributed by atoms with Crippen LogP contribution in [0.5, 0.6) is 0 Å². The van der Waals surface area contributed by atoms with E-state index >= 15 is 0 Å². The molecule has 0 aromatic heterocycles. The van der Waals surface area contributed by atoms with Gasteiger partial charge in [-0.1, -0.05) is 0 Å². The molecule has 0 aliphatic carbocycles. The molecule has 1 rings (SSSR count). The van der Waals surface area contributed by atoms with E-state index < -0.39 is 21.7 Å². The van der Waals surface area contributed by atoms with Crippen LogP contribution >= 0.6 is 0 Å². The third kappa shape index (κ3) is 4.66. The van der Waals surface area contributed by atoms with E-state index in [2.05, 4.69) is 5.32 Å². The lowest BCUT2D eigenvalue weighted by Gasteiger charge is -2.07. The largest absolute Gasteiger partial charge is 0.478 e. The molecule has 7 nitrogen and oxygen atoms in total. The van der Waals surface area contributed by atoms with Crippen LogP contribution in [0.3, 0.4) is 0 Å². The number of carboxylic acid groups (broad SMARTS) is 1. The number of nitrogens with zero attached hydrogens (tertiary/aromatic N) is 1. The third-order valence-corrected chi connectivity index (χ3v) is 3.23. The predicted octanol–water partition coefficient (Wildman–Crippen LogP) is 1.47. The average molecular weight is 286 g/mol. The molecule has 2 N–H and O–H groups in total. The fraction of sp³-hybridized carbons (Fsp3) is 0.364. The first-order valence-corrected chi connectivity index (χ1v) is 7.20. The van der Waals surface area contributed by atoms with E-state index in [1.54, 1.807) is 6.26 Å². The lowest BCUT2D eigenvalue weighted by molar-refractivity contribution is -0.384. The lowest BCUT2D eigenvalue weighted by atomic mass is 10.1. The fourth-order valence-corrected chi connectivity index (χ4v) is 2.01. The van der Waals surface area contributed by atoms with E-state index in [1.165, 1.54) is 12.1 Å². The first kappa shape index (κ1) is 15.1. The number of nitro groups is 1. The Morgan fingerprint density at radius 3 is 2.74 bits per heavy atom. The van der Waals surface area contributed by atoms with Crippen LogP contribution in [0.15, 0.2) is 18.2 Å². The minimum absolute atomic E-state index is 0.132. The van der Waals surface area contributed by atoms with Gasteiger partial charge in [0.25, 0.3) is 5.69 Å². The molecule has 0 heterocycles. The second-order valence-electron chi connectivity index (χ2n) is 3.85. The highest BCUT2D eigenvalue weighted by molar-refractivity contribution is 7.84. The summed E-state index contributed by atoms with van der Waals surface area (Å²) in [5.41, 5.74) is -0.152. The monoisotopic (exact) mass is 286 g/mol. The standard InChI is InChI=1S/C11H14N2O5S/c1-19(18)6-2-5-12-9-4-3-8(11(14)15)7-10(9)13(16)17/h3-4,7,12H,2,5-6H2,1H3,(H,14,15). The number of hydrogen-bond acceptors (Lipinski definition) is 5. The molecule has 0 amide bonds. The maximum absolute atomic E-state index is 10.9. The second-order valence-corrected chi connectivity index (χ2v) is 5.41. The summed E-state index contributed by atoms with van der Waals surface area (Å²) in [6, 6.07) is 3.68.